The van der Waals surface area contributed by atoms with Crippen LogP contribution < -0.4 is 16.5 Å². The van der Waals surface area contributed by atoms with Crippen LogP contribution in [-0.2, 0) is 4.79 Å². The number of hydrogen-bond acceptors (Lipinski definition) is 6. The summed E-state index contributed by atoms with van der Waals surface area (Å²) in [7, 11) is 0. The van der Waals surface area contributed by atoms with Crippen LogP contribution in [0.1, 0.15) is 21.5 Å². The van der Waals surface area contributed by atoms with E-state index in [2.05, 4.69) is 29.0 Å². The number of rotatable bonds is 5. The Morgan fingerprint density at radius 2 is 1.76 bits per heavy atom. The fourth-order valence-corrected chi connectivity index (χ4v) is 2.16. The number of nitrogens with zero attached hydrogens (tertiary/aromatic N) is 1. The van der Waals surface area contributed by atoms with Crippen molar-refractivity contribution in [3.05, 3.63) is 75.3 Å². The number of non-ortho nitro benzene ring substituents is 1. The molecule has 2 amide bonds. The number of carbonyl (C=O) groups is 2. The number of amides is 2. The smallest absolute Gasteiger partial charge is 0.270 e. The minimum Gasteiger partial charge on any atom is -0.339 e. The second kappa shape index (κ2) is 10.2. The van der Waals surface area contributed by atoms with Gasteiger partial charge < -0.3 is 11.1 Å². The Bertz CT molecular complexity index is 1040. The molecule has 9 heteroatoms. The number of nitrogens with two attached hydrogens (primary N) is 1. The van der Waals surface area contributed by atoms with E-state index < -0.39 is 22.8 Å². The first kappa shape index (κ1) is 21.1. The van der Waals surface area contributed by atoms with Crippen molar-refractivity contribution < 1.29 is 19.7 Å². The first-order valence-corrected chi connectivity index (χ1v) is 8.26. The van der Waals surface area contributed by atoms with Crippen LogP contribution in [0.2, 0.25) is 0 Å². The van der Waals surface area contributed by atoms with E-state index >= 15 is 0 Å². The van der Waals surface area contributed by atoms with Crippen LogP contribution in [0.15, 0.2) is 48.5 Å². The fourth-order valence-electron chi connectivity index (χ4n) is 2.16. The van der Waals surface area contributed by atoms with Crippen molar-refractivity contribution in [2.45, 2.75) is 6.04 Å². The summed E-state index contributed by atoms with van der Waals surface area (Å²) in [6.07, 6.45) is 0. The van der Waals surface area contributed by atoms with Crippen molar-refractivity contribution in [2.75, 3.05) is 6.54 Å². The molecule has 0 aliphatic heterocycles. The highest BCUT2D eigenvalue weighted by molar-refractivity contribution is 5.97. The van der Waals surface area contributed by atoms with Crippen molar-refractivity contribution in [2.24, 2.45) is 5.73 Å². The molecule has 1 atom stereocenters. The SMILES string of the molecule is NC[C@H](NC(=O)c1ccc(C#CC#Cc2cccc([N+](=O)[O-])c2)cc1)C(=O)NO. The van der Waals surface area contributed by atoms with E-state index in [1.54, 1.807) is 24.3 Å². The van der Waals surface area contributed by atoms with Crippen LogP contribution in [0.3, 0.4) is 0 Å². The van der Waals surface area contributed by atoms with Gasteiger partial charge in [0.25, 0.3) is 17.5 Å². The molecule has 2 aromatic rings. The Morgan fingerprint density at radius 1 is 1.10 bits per heavy atom. The maximum atomic E-state index is 12.1. The molecular formula is C20H16N4O5. The second-order valence-electron chi connectivity index (χ2n) is 5.62. The van der Waals surface area contributed by atoms with Crippen LogP contribution in [0.25, 0.3) is 0 Å². The summed E-state index contributed by atoms with van der Waals surface area (Å²) in [6.45, 7) is -0.176. The lowest BCUT2D eigenvalue weighted by molar-refractivity contribution is -0.384. The molecule has 0 aliphatic carbocycles. The third-order valence-electron chi connectivity index (χ3n) is 3.65. The molecular weight excluding hydrogens is 376 g/mol. The van der Waals surface area contributed by atoms with Crippen LogP contribution in [0.4, 0.5) is 5.69 Å². The van der Waals surface area contributed by atoms with E-state index in [9.17, 15) is 19.7 Å². The number of benzene rings is 2. The van der Waals surface area contributed by atoms with E-state index in [1.807, 2.05) is 0 Å². The summed E-state index contributed by atoms with van der Waals surface area (Å²) in [5.74, 6) is 9.41. The van der Waals surface area contributed by atoms with Gasteiger partial charge in [0.1, 0.15) is 6.04 Å². The number of nitro benzene ring substituents is 1. The lowest BCUT2D eigenvalue weighted by Crippen LogP contribution is -2.50. The van der Waals surface area contributed by atoms with Gasteiger partial charge in [-0.05, 0) is 42.2 Å². The van der Waals surface area contributed by atoms with Gasteiger partial charge >= 0.3 is 0 Å². The van der Waals surface area contributed by atoms with Gasteiger partial charge in [0, 0.05) is 35.4 Å². The predicted molar refractivity (Wildman–Crippen MR) is 104 cm³/mol. The minimum atomic E-state index is -1.06. The molecule has 0 aromatic heterocycles. The molecule has 29 heavy (non-hydrogen) atoms. The summed E-state index contributed by atoms with van der Waals surface area (Å²) >= 11 is 0. The Morgan fingerprint density at radius 3 is 2.34 bits per heavy atom. The molecule has 0 fully saturated rings. The molecule has 146 valence electrons. The molecule has 0 heterocycles. The largest absolute Gasteiger partial charge is 0.339 e. The van der Waals surface area contributed by atoms with Crippen molar-refractivity contribution in [3.8, 4) is 23.7 Å². The van der Waals surface area contributed by atoms with Crippen molar-refractivity contribution in [3.63, 3.8) is 0 Å². The zero-order chi connectivity index (χ0) is 21.2. The quantitative estimate of drug-likeness (QED) is 0.253. The molecule has 0 saturated heterocycles. The van der Waals surface area contributed by atoms with Gasteiger partial charge in [-0.25, -0.2) is 5.48 Å². The average Bonchev–Trinajstić information content (AvgIpc) is 2.75. The summed E-state index contributed by atoms with van der Waals surface area (Å²) < 4.78 is 0. The van der Waals surface area contributed by atoms with Gasteiger partial charge in [-0.3, -0.25) is 24.9 Å². The number of carbonyl (C=O) groups excluding carboxylic acids is 2. The number of hydrogen-bond donors (Lipinski definition) is 4. The third kappa shape index (κ3) is 6.19. The maximum Gasteiger partial charge on any atom is 0.270 e. The Kier molecular flexibility index (Phi) is 7.45. The highest BCUT2D eigenvalue weighted by Crippen LogP contribution is 2.11. The van der Waals surface area contributed by atoms with E-state index in [0.29, 0.717) is 11.1 Å². The normalized spacial score (nSPS) is 10.4. The van der Waals surface area contributed by atoms with E-state index in [1.165, 1.54) is 29.7 Å². The lowest BCUT2D eigenvalue weighted by atomic mass is 10.1. The van der Waals surface area contributed by atoms with Crippen molar-refractivity contribution in [1.82, 2.24) is 10.8 Å². The van der Waals surface area contributed by atoms with Gasteiger partial charge in [0.15, 0.2) is 0 Å². The van der Waals surface area contributed by atoms with Gasteiger partial charge in [0.05, 0.1) is 4.92 Å². The minimum absolute atomic E-state index is 0.0491. The number of nitro groups is 1. The third-order valence-corrected chi connectivity index (χ3v) is 3.65. The molecule has 2 aromatic carbocycles. The van der Waals surface area contributed by atoms with Gasteiger partial charge in [-0.2, -0.15) is 0 Å². The monoisotopic (exact) mass is 392 g/mol. The standard InChI is InChI=1S/C20H16N4O5/c21-13-18(20(26)23-27)22-19(25)16-10-8-14(9-11-16)4-1-2-5-15-6-3-7-17(12-15)24(28)29/h3,6-12,18,27H,13,21H2,(H,22,25)(H,23,26)/t18-/m0/s1. The molecule has 0 saturated carbocycles. The fraction of sp³-hybridized carbons (Fsp3) is 0.100. The van der Waals surface area contributed by atoms with Gasteiger partial charge in [-0.1, -0.05) is 17.9 Å². The van der Waals surface area contributed by atoms with Crippen LogP contribution in [0.5, 0.6) is 0 Å². The van der Waals surface area contributed by atoms with E-state index in [0.717, 1.165) is 0 Å². The number of nitrogens with one attached hydrogen (secondary N) is 2. The topological polar surface area (TPSA) is 148 Å². The Hall–Kier alpha value is -4.18. The summed E-state index contributed by atoms with van der Waals surface area (Å²) in [5, 5.41) is 21.7. The molecule has 2 rings (SSSR count). The highest BCUT2D eigenvalue weighted by atomic mass is 16.6. The molecule has 0 spiro atoms. The molecule has 0 bridgehead atoms. The van der Waals surface area contributed by atoms with Crippen LogP contribution in [0, 0.1) is 33.8 Å². The van der Waals surface area contributed by atoms with E-state index in [-0.39, 0.29) is 17.8 Å². The molecule has 0 unspecified atom stereocenters. The summed E-state index contributed by atoms with van der Waals surface area (Å²) in [6, 6.07) is 11.1. The van der Waals surface area contributed by atoms with Gasteiger partial charge in [0.2, 0.25) is 0 Å². The highest BCUT2D eigenvalue weighted by Gasteiger charge is 2.19. The first-order valence-electron chi connectivity index (χ1n) is 8.26. The van der Waals surface area contributed by atoms with Crippen molar-refractivity contribution in [1.29, 1.82) is 0 Å². The van der Waals surface area contributed by atoms with Crippen LogP contribution >= 0.6 is 0 Å². The number of hydroxylamine groups is 1. The Balaban J connectivity index is 2.04. The van der Waals surface area contributed by atoms with Crippen molar-refractivity contribution >= 4 is 17.5 Å². The molecule has 9 nitrogen and oxygen atoms in total. The molecule has 5 N–H and O–H groups in total. The second-order valence-corrected chi connectivity index (χ2v) is 5.62. The van der Waals surface area contributed by atoms with E-state index in [4.69, 9.17) is 10.9 Å². The predicted octanol–water partition coefficient (Wildman–Crippen LogP) is 0.560. The average molecular weight is 392 g/mol. The molecule has 0 radical (unpaired) electrons. The first-order chi connectivity index (χ1) is 13.9. The zero-order valence-electron chi connectivity index (χ0n) is 15.0. The lowest BCUT2D eigenvalue weighted by Gasteiger charge is -2.14. The zero-order valence-corrected chi connectivity index (χ0v) is 15.0. The van der Waals surface area contributed by atoms with Crippen LogP contribution in [-0.4, -0.2) is 34.5 Å². The van der Waals surface area contributed by atoms with Gasteiger partial charge in [-0.15, -0.1) is 0 Å². The maximum absolute atomic E-state index is 12.1. The summed E-state index contributed by atoms with van der Waals surface area (Å²) in [4.78, 5) is 33.7. The Labute approximate surface area is 166 Å². The molecule has 0 aliphatic rings. The summed E-state index contributed by atoms with van der Waals surface area (Å²) in [5.41, 5.74) is 8.12.